The number of nitrogens with two attached hydrogens (primary N) is 1. The summed E-state index contributed by atoms with van der Waals surface area (Å²) in [6, 6.07) is 2.00. The lowest BCUT2D eigenvalue weighted by atomic mass is 10.2. The molecule has 0 bridgehead atoms. The fraction of sp³-hybridized carbons (Fsp3) is 0.273. The fourth-order valence-corrected chi connectivity index (χ4v) is 2.50. The molecule has 4 nitrogen and oxygen atoms in total. The van der Waals surface area contributed by atoms with E-state index in [0.29, 0.717) is 11.8 Å². The van der Waals surface area contributed by atoms with E-state index in [0.717, 1.165) is 21.8 Å². The number of oxazole rings is 1. The van der Waals surface area contributed by atoms with Crippen LogP contribution in [0.15, 0.2) is 33.1 Å². The zero-order chi connectivity index (χ0) is 11.5. The molecule has 0 unspecified atom stereocenters. The molecule has 2 aromatic rings. The Morgan fingerprint density at radius 1 is 1.44 bits per heavy atom. The molecule has 0 spiro atoms. The third kappa shape index (κ3) is 2.25. The highest BCUT2D eigenvalue weighted by Gasteiger charge is 2.10. The summed E-state index contributed by atoms with van der Waals surface area (Å²) >= 11 is 1.48. The van der Waals surface area contributed by atoms with Gasteiger partial charge in [-0.05, 0) is 31.7 Å². The number of hydrogen-bond acceptors (Lipinski definition) is 5. The van der Waals surface area contributed by atoms with Crippen LogP contribution in [0.2, 0.25) is 0 Å². The summed E-state index contributed by atoms with van der Waals surface area (Å²) in [7, 11) is 0. The Kier molecular flexibility index (Phi) is 3.26. The van der Waals surface area contributed by atoms with Crippen molar-refractivity contribution < 1.29 is 4.42 Å². The first kappa shape index (κ1) is 11.2. The first-order valence-corrected chi connectivity index (χ1v) is 5.77. The molecular weight excluding hydrogens is 222 g/mol. The molecule has 0 aliphatic heterocycles. The molecule has 0 fully saturated rings. The molecule has 2 heterocycles. The predicted molar refractivity (Wildman–Crippen MR) is 62.2 cm³/mol. The maximum Gasteiger partial charge on any atom is 0.260 e. The quantitative estimate of drug-likeness (QED) is 0.884. The fourth-order valence-electron chi connectivity index (χ4n) is 1.51. The lowest BCUT2D eigenvalue weighted by Gasteiger charge is -2.09. The number of pyridine rings is 1. The Labute approximate surface area is 98.3 Å². The van der Waals surface area contributed by atoms with Gasteiger partial charge in [0, 0.05) is 28.4 Å². The predicted octanol–water partition coefficient (Wildman–Crippen LogP) is 2.30. The van der Waals surface area contributed by atoms with Crippen molar-refractivity contribution in [1.82, 2.24) is 9.97 Å². The maximum atomic E-state index is 5.73. The van der Waals surface area contributed by atoms with Gasteiger partial charge >= 0.3 is 0 Å². The molecule has 0 aliphatic carbocycles. The topological polar surface area (TPSA) is 64.9 Å². The van der Waals surface area contributed by atoms with E-state index >= 15 is 0 Å². The summed E-state index contributed by atoms with van der Waals surface area (Å²) in [5.41, 5.74) is 8.72. The lowest BCUT2D eigenvalue weighted by Crippen LogP contribution is -2.04. The van der Waals surface area contributed by atoms with Crippen LogP contribution in [-0.2, 0) is 6.54 Å². The van der Waals surface area contributed by atoms with E-state index in [-0.39, 0.29) is 0 Å². The van der Waals surface area contributed by atoms with E-state index in [4.69, 9.17) is 10.2 Å². The van der Waals surface area contributed by atoms with E-state index in [1.165, 1.54) is 11.8 Å². The summed E-state index contributed by atoms with van der Waals surface area (Å²) in [6.45, 7) is 4.41. The molecule has 0 aliphatic rings. The minimum Gasteiger partial charge on any atom is -0.440 e. The molecule has 5 heteroatoms. The summed E-state index contributed by atoms with van der Waals surface area (Å²) in [6.07, 6.45) is 3.19. The van der Waals surface area contributed by atoms with Gasteiger partial charge in [0.15, 0.2) is 0 Å². The summed E-state index contributed by atoms with van der Waals surface area (Å²) in [5.74, 6) is 0. The van der Waals surface area contributed by atoms with E-state index in [1.807, 2.05) is 19.9 Å². The van der Waals surface area contributed by atoms with Crippen LogP contribution in [0, 0.1) is 13.8 Å². The monoisotopic (exact) mass is 235 g/mol. The molecule has 0 amide bonds. The molecule has 0 atom stereocenters. The van der Waals surface area contributed by atoms with Crippen LogP contribution in [0.1, 0.15) is 17.0 Å². The van der Waals surface area contributed by atoms with Crippen molar-refractivity contribution >= 4 is 11.8 Å². The minimum atomic E-state index is 0.474. The van der Waals surface area contributed by atoms with Gasteiger partial charge in [0.05, 0.1) is 6.20 Å². The van der Waals surface area contributed by atoms with Crippen molar-refractivity contribution in [2.45, 2.75) is 30.5 Å². The minimum absolute atomic E-state index is 0.474. The molecule has 2 aromatic heterocycles. The molecule has 16 heavy (non-hydrogen) atoms. The highest BCUT2D eigenvalue weighted by Crippen LogP contribution is 2.30. The smallest absolute Gasteiger partial charge is 0.260 e. The van der Waals surface area contributed by atoms with E-state index in [1.54, 1.807) is 12.5 Å². The summed E-state index contributed by atoms with van der Waals surface area (Å²) < 4.78 is 5.21. The summed E-state index contributed by atoms with van der Waals surface area (Å²) in [4.78, 5) is 9.54. The van der Waals surface area contributed by atoms with Crippen LogP contribution in [0.5, 0.6) is 0 Å². The zero-order valence-electron chi connectivity index (χ0n) is 9.23. The SMILES string of the molecule is Cc1cc(Sc2ncco2)c(CN)c(C)n1. The van der Waals surface area contributed by atoms with Crippen molar-refractivity contribution in [3.05, 3.63) is 35.5 Å². The Morgan fingerprint density at radius 2 is 2.25 bits per heavy atom. The average molecular weight is 235 g/mol. The number of aryl methyl sites for hydroxylation is 2. The Bertz CT molecular complexity index is 482. The van der Waals surface area contributed by atoms with Crippen molar-refractivity contribution in [3.63, 3.8) is 0 Å². The van der Waals surface area contributed by atoms with Gasteiger partial charge in [-0.1, -0.05) is 0 Å². The second-order valence-electron chi connectivity index (χ2n) is 3.43. The highest BCUT2D eigenvalue weighted by atomic mass is 32.2. The van der Waals surface area contributed by atoms with Crippen LogP contribution in [0.25, 0.3) is 0 Å². The van der Waals surface area contributed by atoms with Crippen LogP contribution in [0.3, 0.4) is 0 Å². The Balaban J connectivity index is 2.39. The third-order valence-electron chi connectivity index (χ3n) is 2.23. The van der Waals surface area contributed by atoms with E-state index in [9.17, 15) is 0 Å². The van der Waals surface area contributed by atoms with Gasteiger partial charge in [0.25, 0.3) is 5.22 Å². The Morgan fingerprint density at radius 3 is 2.88 bits per heavy atom. The van der Waals surface area contributed by atoms with Crippen molar-refractivity contribution in [3.8, 4) is 0 Å². The van der Waals surface area contributed by atoms with E-state index < -0.39 is 0 Å². The van der Waals surface area contributed by atoms with Crippen molar-refractivity contribution in [2.75, 3.05) is 0 Å². The van der Waals surface area contributed by atoms with Crippen LogP contribution < -0.4 is 5.73 Å². The van der Waals surface area contributed by atoms with Crippen LogP contribution in [0.4, 0.5) is 0 Å². The summed E-state index contributed by atoms with van der Waals surface area (Å²) in [5, 5.41) is 0.625. The number of nitrogens with zero attached hydrogens (tertiary/aromatic N) is 2. The standard InChI is InChI=1S/C11H13N3OS/c1-7-5-10(9(6-12)8(2)14-7)16-11-13-3-4-15-11/h3-5H,6,12H2,1-2H3. The number of hydrogen-bond donors (Lipinski definition) is 1. The number of rotatable bonds is 3. The molecule has 2 N–H and O–H groups in total. The molecule has 0 aromatic carbocycles. The van der Waals surface area contributed by atoms with Gasteiger partial charge in [0.2, 0.25) is 0 Å². The van der Waals surface area contributed by atoms with Crippen LogP contribution in [-0.4, -0.2) is 9.97 Å². The molecular formula is C11H13N3OS. The Hall–Kier alpha value is -1.33. The maximum absolute atomic E-state index is 5.73. The zero-order valence-corrected chi connectivity index (χ0v) is 10.0. The normalized spacial score (nSPS) is 10.7. The first-order valence-electron chi connectivity index (χ1n) is 4.95. The lowest BCUT2D eigenvalue weighted by molar-refractivity contribution is 0.454. The van der Waals surface area contributed by atoms with Crippen molar-refractivity contribution in [2.24, 2.45) is 5.73 Å². The van der Waals surface area contributed by atoms with Gasteiger partial charge in [-0.15, -0.1) is 0 Å². The molecule has 2 rings (SSSR count). The molecule has 0 radical (unpaired) electrons. The molecule has 84 valence electrons. The van der Waals surface area contributed by atoms with Gasteiger partial charge in [-0.25, -0.2) is 4.98 Å². The molecule has 0 saturated heterocycles. The van der Waals surface area contributed by atoms with Gasteiger partial charge in [-0.3, -0.25) is 4.98 Å². The van der Waals surface area contributed by atoms with Gasteiger partial charge in [-0.2, -0.15) is 0 Å². The van der Waals surface area contributed by atoms with Crippen LogP contribution >= 0.6 is 11.8 Å². The van der Waals surface area contributed by atoms with E-state index in [2.05, 4.69) is 9.97 Å². The second kappa shape index (κ2) is 4.67. The second-order valence-corrected chi connectivity index (χ2v) is 4.42. The first-order chi connectivity index (χ1) is 7.70. The largest absolute Gasteiger partial charge is 0.440 e. The highest BCUT2D eigenvalue weighted by molar-refractivity contribution is 7.99. The molecule has 0 saturated carbocycles. The van der Waals surface area contributed by atoms with Gasteiger partial charge in [0.1, 0.15) is 6.26 Å². The average Bonchev–Trinajstić information content (AvgIpc) is 2.70. The third-order valence-corrected chi connectivity index (χ3v) is 3.19. The van der Waals surface area contributed by atoms with Gasteiger partial charge < -0.3 is 10.2 Å². The number of aromatic nitrogens is 2. The van der Waals surface area contributed by atoms with Crippen molar-refractivity contribution in [1.29, 1.82) is 0 Å².